The van der Waals surface area contributed by atoms with Crippen molar-refractivity contribution in [2.24, 2.45) is 0 Å². The van der Waals surface area contributed by atoms with Gasteiger partial charge in [0.15, 0.2) is 0 Å². The normalized spacial score (nSPS) is 11.2. The molecule has 0 atom stereocenters. The van der Waals surface area contributed by atoms with Crippen molar-refractivity contribution in [1.82, 2.24) is 0 Å². The molecule has 0 bridgehead atoms. The fourth-order valence-electron chi connectivity index (χ4n) is 0.433. The Labute approximate surface area is 86.8 Å². The molecule has 0 saturated carbocycles. The van der Waals surface area contributed by atoms with Gasteiger partial charge in [0.1, 0.15) is 0 Å². The standard InChI is InChI=1S/C6H14Si.C5H12Si/c1-5-6-7(2,3)4;1-5-6(2,3)4/h5H,1,6H2,2-4H3;5H,1H2,2-4H3. The van der Waals surface area contributed by atoms with Gasteiger partial charge in [-0.15, -0.1) is 18.9 Å². The van der Waals surface area contributed by atoms with Gasteiger partial charge in [0.05, 0.1) is 8.07 Å². The lowest BCUT2D eigenvalue weighted by molar-refractivity contribution is 1.52. The van der Waals surface area contributed by atoms with Crippen LogP contribution in [0.5, 0.6) is 0 Å². The van der Waals surface area contributed by atoms with Crippen LogP contribution in [-0.2, 0) is 0 Å². The maximum absolute atomic E-state index is 3.69. The lowest BCUT2D eigenvalue weighted by Gasteiger charge is -2.10. The molecule has 0 aliphatic rings. The smallest absolute Gasteiger partial charge is 0.0679 e. The average molecular weight is 215 g/mol. The SMILES string of the molecule is C=CC[Si](C)(C)C.C=C[Si](C)(C)C. The van der Waals surface area contributed by atoms with Crippen LogP contribution in [0.15, 0.2) is 24.9 Å². The summed E-state index contributed by atoms with van der Waals surface area (Å²) in [6.45, 7) is 21.2. The van der Waals surface area contributed by atoms with Gasteiger partial charge in [-0.2, -0.15) is 0 Å². The van der Waals surface area contributed by atoms with Crippen molar-refractivity contribution in [1.29, 1.82) is 0 Å². The molecular weight excluding hydrogens is 188 g/mol. The Bertz CT molecular complexity index is 146. The molecule has 0 aliphatic heterocycles. The molecule has 0 unspecified atom stereocenters. The topological polar surface area (TPSA) is 0 Å². The van der Waals surface area contributed by atoms with Crippen LogP contribution in [-0.4, -0.2) is 16.1 Å². The molecule has 0 aromatic carbocycles. The number of allylic oxidation sites excluding steroid dienone is 1. The first-order chi connectivity index (χ1) is 5.62. The van der Waals surface area contributed by atoms with E-state index in [0.29, 0.717) is 0 Å². The van der Waals surface area contributed by atoms with E-state index < -0.39 is 16.1 Å². The first kappa shape index (κ1) is 15.4. The minimum Gasteiger partial charge on any atom is -0.107 e. The van der Waals surface area contributed by atoms with Crippen molar-refractivity contribution >= 4 is 16.1 Å². The second-order valence-electron chi connectivity index (χ2n) is 5.62. The summed E-state index contributed by atoms with van der Waals surface area (Å²) < 4.78 is 0. The molecule has 2 heteroatoms. The van der Waals surface area contributed by atoms with Crippen molar-refractivity contribution in [2.75, 3.05) is 0 Å². The summed E-state index contributed by atoms with van der Waals surface area (Å²) in [6.07, 6.45) is 2.02. The van der Waals surface area contributed by atoms with Crippen LogP contribution >= 0.6 is 0 Å². The van der Waals surface area contributed by atoms with Crippen LogP contribution in [0.25, 0.3) is 0 Å². The Hall–Kier alpha value is -0.0862. The van der Waals surface area contributed by atoms with Gasteiger partial charge in [-0.05, 0) is 6.04 Å². The predicted molar refractivity (Wildman–Crippen MR) is 71.9 cm³/mol. The predicted octanol–water partition coefficient (Wildman–Crippen LogP) is 4.56. The molecular formula is C11H26Si2. The fourth-order valence-corrected chi connectivity index (χ4v) is 1.30. The molecule has 0 nitrogen and oxygen atoms in total. The van der Waals surface area contributed by atoms with Gasteiger partial charge in [-0.3, -0.25) is 0 Å². The number of hydrogen-bond donors (Lipinski definition) is 0. The van der Waals surface area contributed by atoms with E-state index in [-0.39, 0.29) is 0 Å². The summed E-state index contributed by atoms with van der Waals surface area (Å²) in [6, 6.07) is 1.24. The molecule has 0 N–H and O–H groups in total. The molecule has 13 heavy (non-hydrogen) atoms. The highest BCUT2D eigenvalue weighted by Gasteiger charge is 2.08. The highest BCUT2D eigenvalue weighted by Crippen LogP contribution is 2.06. The van der Waals surface area contributed by atoms with E-state index in [2.05, 4.69) is 58.1 Å². The van der Waals surface area contributed by atoms with E-state index in [1.54, 1.807) is 0 Å². The van der Waals surface area contributed by atoms with Crippen LogP contribution in [0.4, 0.5) is 0 Å². The highest BCUT2D eigenvalue weighted by molar-refractivity contribution is 6.80. The van der Waals surface area contributed by atoms with Gasteiger partial charge < -0.3 is 0 Å². The average Bonchev–Trinajstić information content (AvgIpc) is 1.84. The summed E-state index contributed by atoms with van der Waals surface area (Å²) in [5, 5.41) is 0. The maximum Gasteiger partial charge on any atom is 0.0679 e. The van der Waals surface area contributed by atoms with Crippen LogP contribution in [0.3, 0.4) is 0 Å². The molecule has 0 aromatic rings. The van der Waals surface area contributed by atoms with E-state index in [0.717, 1.165) is 0 Å². The molecule has 0 spiro atoms. The molecule has 0 amide bonds. The molecule has 0 saturated heterocycles. The van der Waals surface area contributed by atoms with Crippen molar-refractivity contribution < 1.29 is 0 Å². The lowest BCUT2D eigenvalue weighted by atomic mass is 10.8. The molecule has 0 rings (SSSR count). The third kappa shape index (κ3) is 24.5. The maximum atomic E-state index is 3.69. The zero-order chi connectivity index (χ0) is 11.1. The van der Waals surface area contributed by atoms with E-state index in [9.17, 15) is 0 Å². The Kier molecular flexibility index (Phi) is 7.55. The monoisotopic (exact) mass is 214 g/mol. The fraction of sp³-hybridized carbons (Fsp3) is 0.636. The van der Waals surface area contributed by atoms with E-state index in [4.69, 9.17) is 0 Å². The first-order valence-corrected chi connectivity index (χ1v) is 12.2. The Morgan fingerprint density at radius 1 is 0.923 bits per heavy atom. The zero-order valence-corrected chi connectivity index (χ0v) is 12.3. The molecule has 0 radical (unpaired) electrons. The second-order valence-corrected chi connectivity index (χ2v) is 16.3. The van der Waals surface area contributed by atoms with E-state index >= 15 is 0 Å². The van der Waals surface area contributed by atoms with Gasteiger partial charge in [0, 0.05) is 8.07 Å². The third-order valence-electron chi connectivity index (χ3n) is 1.37. The summed E-state index contributed by atoms with van der Waals surface area (Å²) >= 11 is 0. The minimum absolute atomic E-state index is 0.775. The van der Waals surface area contributed by atoms with Crippen LogP contribution in [0.2, 0.25) is 45.3 Å². The van der Waals surface area contributed by atoms with Crippen LogP contribution in [0.1, 0.15) is 0 Å². The molecule has 0 heterocycles. The molecule has 0 fully saturated rings. The first-order valence-electron chi connectivity index (χ1n) is 4.87. The molecule has 0 aromatic heterocycles. The summed E-state index contributed by atoms with van der Waals surface area (Å²) in [4.78, 5) is 0. The molecule has 0 aliphatic carbocycles. The van der Waals surface area contributed by atoms with Gasteiger partial charge in [-0.1, -0.05) is 45.4 Å². The highest BCUT2D eigenvalue weighted by atomic mass is 28.3. The van der Waals surface area contributed by atoms with Crippen molar-refractivity contribution in [3.8, 4) is 0 Å². The second kappa shape index (κ2) is 6.38. The quantitative estimate of drug-likeness (QED) is 0.477. The van der Waals surface area contributed by atoms with Gasteiger partial charge in [0.25, 0.3) is 0 Å². The number of rotatable bonds is 3. The number of hydrogen-bond acceptors (Lipinski definition) is 0. The largest absolute Gasteiger partial charge is 0.107 e. The van der Waals surface area contributed by atoms with E-state index in [1.165, 1.54) is 6.04 Å². The van der Waals surface area contributed by atoms with Gasteiger partial charge in [-0.25, -0.2) is 0 Å². The Morgan fingerprint density at radius 3 is 1.23 bits per heavy atom. The van der Waals surface area contributed by atoms with Gasteiger partial charge >= 0.3 is 0 Å². The van der Waals surface area contributed by atoms with E-state index in [1.807, 2.05) is 6.08 Å². The van der Waals surface area contributed by atoms with Crippen molar-refractivity contribution in [3.05, 3.63) is 24.9 Å². The van der Waals surface area contributed by atoms with Crippen molar-refractivity contribution in [2.45, 2.75) is 45.3 Å². The van der Waals surface area contributed by atoms with Crippen molar-refractivity contribution in [3.63, 3.8) is 0 Å². The lowest BCUT2D eigenvalue weighted by Crippen LogP contribution is -2.16. The zero-order valence-electron chi connectivity index (χ0n) is 10.3. The Balaban J connectivity index is 0. The summed E-state index contributed by atoms with van der Waals surface area (Å²) in [7, 11) is -1.64. The summed E-state index contributed by atoms with van der Waals surface area (Å²) in [5.74, 6) is 0. The van der Waals surface area contributed by atoms with Crippen LogP contribution < -0.4 is 0 Å². The Morgan fingerprint density at radius 2 is 1.23 bits per heavy atom. The summed E-state index contributed by atoms with van der Waals surface area (Å²) in [5.41, 5.74) is 2.08. The minimum atomic E-state index is -0.867. The third-order valence-corrected chi connectivity index (χ3v) is 4.11. The van der Waals surface area contributed by atoms with Crippen LogP contribution in [0, 0.1) is 0 Å². The molecule has 78 valence electrons. The van der Waals surface area contributed by atoms with Gasteiger partial charge in [0.2, 0.25) is 0 Å².